The maximum atomic E-state index is 12.6. The average molecular weight is 506 g/mol. The number of amidine groups is 1. The van der Waals surface area contributed by atoms with Crippen molar-refractivity contribution >= 4 is 45.7 Å². The van der Waals surface area contributed by atoms with Gasteiger partial charge in [0.05, 0.1) is 18.4 Å². The van der Waals surface area contributed by atoms with Gasteiger partial charge in [0.25, 0.3) is 0 Å². The van der Waals surface area contributed by atoms with Crippen molar-refractivity contribution in [3.63, 3.8) is 0 Å². The number of amides is 1. The van der Waals surface area contributed by atoms with Gasteiger partial charge in [0.15, 0.2) is 6.29 Å². The molecule has 1 amide bonds. The SMILES string of the molecule is CN1C(=N/C=C(\C=O)NCCC=O)CCC1C(=O)NCc1cc2cnccc2s1.Cc1ccccc1. The molecule has 0 spiro atoms. The van der Waals surface area contributed by atoms with E-state index in [1.807, 2.05) is 48.5 Å². The number of pyridine rings is 1. The summed E-state index contributed by atoms with van der Waals surface area (Å²) in [6.45, 7) is 2.94. The average Bonchev–Trinajstić information content (AvgIpc) is 3.48. The minimum Gasteiger partial charge on any atom is -0.381 e. The summed E-state index contributed by atoms with van der Waals surface area (Å²) in [5, 5.41) is 6.92. The first-order valence-electron chi connectivity index (χ1n) is 11.8. The van der Waals surface area contributed by atoms with Crippen LogP contribution >= 0.6 is 11.3 Å². The number of allylic oxidation sites excluding steroid dienone is 1. The van der Waals surface area contributed by atoms with Gasteiger partial charge in [-0.2, -0.15) is 0 Å². The number of benzene rings is 1. The molecule has 0 radical (unpaired) electrons. The fourth-order valence-corrected chi connectivity index (χ4v) is 4.64. The highest BCUT2D eigenvalue weighted by Crippen LogP contribution is 2.24. The maximum Gasteiger partial charge on any atom is 0.243 e. The number of thiophene rings is 1. The van der Waals surface area contributed by atoms with Crippen LogP contribution in [-0.4, -0.2) is 53.8 Å². The lowest BCUT2D eigenvalue weighted by Gasteiger charge is -2.21. The first-order valence-corrected chi connectivity index (χ1v) is 12.6. The number of nitrogens with zero attached hydrogens (tertiary/aromatic N) is 3. The molecule has 4 rings (SSSR count). The predicted octanol–water partition coefficient (Wildman–Crippen LogP) is 3.62. The number of likely N-dealkylation sites (N-methyl/N-ethyl adjacent to an activating group) is 1. The van der Waals surface area contributed by atoms with Gasteiger partial charge >= 0.3 is 0 Å². The van der Waals surface area contributed by atoms with Crippen molar-refractivity contribution < 1.29 is 14.4 Å². The van der Waals surface area contributed by atoms with E-state index in [0.717, 1.165) is 27.1 Å². The molecule has 0 saturated carbocycles. The number of hydrogen-bond donors (Lipinski definition) is 2. The van der Waals surface area contributed by atoms with E-state index in [9.17, 15) is 14.4 Å². The van der Waals surface area contributed by atoms with Crippen molar-refractivity contribution in [2.75, 3.05) is 13.6 Å². The maximum absolute atomic E-state index is 12.6. The first-order chi connectivity index (χ1) is 17.5. The highest BCUT2D eigenvalue weighted by molar-refractivity contribution is 7.19. The second kappa shape index (κ2) is 13.9. The normalized spacial score (nSPS) is 16.4. The van der Waals surface area contributed by atoms with Gasteiger partial charge in [-0.3, -0.25) is 14.6 Å². The molecule has 1 fully saturated rings. The summed E-state index contributed by atoms with van der Waals surface area (Å²) in [7, 11) is 1.83. The number of nitrogens with one attached hydrogen (secondary N) is 2. The molecule has 9 heteroatoms. The number of hydrogen-bond acceptors (Lipinski definition) is 7. The number of aromatic nitrogens is 1. The molecule has 1 aromatic carbocycles. The van der Waals surface area contributed by atoms with Gasteiger partial charge in [-0.05, 0) is 25.5 Å². The zero-order chi connectivity index (χ0) is 25.8. The van der Waals surface area contributed by atoms with Crippen LogP contribution in [0.15, 0.2) is 71.7 Å². The van der Waals surface area contributed by atoms with Gasteiger partial charge in [-0.25, -0.2) is 4.99 Å². The summed E-state index contributed by atoms with van der Waals surface area (Å²) in [5.74, 6) is 0.701. The molecule has 3 heterocycles. The number of carbonyl (C=O) groups excluding carboxylic acids is 3. The fourth-order valence-electron chi connectivity index (χ4n) is 3.67. The molecular formula is C27H31N5O3S. The Bertz CT molecular complexity index is 1190. The molecule has 36 heavy (non-hydrogen) atoms. The van der Waals surface area contributed by atoms with Crippen LogP contribution in [0.5, 0.6) is 0 Å². The molecule has 1 unspecified atom stereocenters. The number of aryl methyl sites for hydroxylation is 1. The molecule has 1 saturated heterocycles. The van der Waals surface area contributed by atoms with Crippen LogP contribution in [0.3, 0.4) is 0 Å². The fraction of sp³-hybridized carbons (Fsp3) is 0.296. The molecule has 2 N–H and O–H groups in total. The third kappa shape index (κ3) is 7.84. The van der Waals surface area contributed by atoms with Crippen molar-refractivity contribution in [1.82, 2.24) is 20.5 Å². The van der Waals surface area contributed by atoms with E-state index in [2.05, 4.69) is 39.7 Å². The Hall–Kier alpha value is -3.85. The lowest BCUT2D eigenvalue weighted by Crippen LogP contribution is -2.42. The van der Waals surface area contributed by atoms with E-state index >= 15 is 0 Å². The molecule has 2 aromatic heterocycles. The van der Waals surface area contributed by atoms with Gasteiger partial charge in [0, 0.05) is 53.8 Å². The molecule has 0 bridgehead atoms. The van der Waals surface area contributed by atoms with Crippen molar-refractivity contribution in [3.05, 3.63) is 77.2 Å². The third-order valence-electron chi connectivity index (χ3n) is 5.63. The van der Waals surface area contributed by atoms with Crippen LogP contribution in [-0.2, 0) is 20.9 Å². The largest absolute Gasteiger partial charge is 0.381 e. The molecule has 1 aliphatic heterocycles. The monoisotopic (exact) mass is 505 g/mol. The van der Waals surface area contributed by atoms with Crippen molar-refractivity contribution in [3.8, 4) is 0 Å². The van der Waals surface area contributed by atoms with E-state index in [4.69, 9.17) is 0 Å². The van der Waals surface area contributed by atoms with Crippen molar-refractivity contribution in [2.24, 2.45) is 4.99 Å². The molecule has 8 nitrogen and oxygen atoms in total. The van der Waals surface area contributed by atoms with Crippen LogP contribution in [0.4, 0.5) is 0 Å². The highest BCUT2D eigenvalue weighted by atomic mass is 32.1. The topological polar surface area (TPSA) is 104 Å². The van der Waals surface area contributed by atoms with Gasteiger partial charge in [-0.1, -0.05) is 35.9 Å². The number of rotatable bonds is 9. The number of carbonyl (C=O) groups is 3. The van der Waals surface area contributed by atoms with Crippen molar-refractivity contribution in [1.29, 1.82) is 0 Å². The Kier molecular flexibility index (Phi) is 10.3. The molecular weight excluding hydrogens is 474 g/mol. The third-order valence-corrected chi connectivity index (χ3v) is 6.75. The highest BCUT2D eigenvalue weighted by Gasteiger charge is 2.31. The Morgan fingerprint density at radius 1 is 1.22 bits per heavy atom. The lowest BCUT2D eigenvalue weighted by molar-refractivity contribution is -0.124. The summed E-state index contributed by atoms with van der Waals surface area (Å²) in [6.07, 6.45) is 8.10. The Balaban J connectivity index is 0.000000444. The summed E-state index contributed by atoms with van der Waals surface area (Å²) in [6, 6.07) is 14.0. The van der Waals surface area contributed by atoms with Crippen molar-refractivity contribution in [2.45, 2.75) is 38.8 Å². The van der Waals surface area contributed by atoms with E-state index < -0.39 is 0 Å². The Morgan fingerprint density at radius 2 is 2.03 bits per heavy atom. The zero-order valence-electron chi connectivity index (χ0n) is 20.5. The van der Waals surface area contributed by atoms with E-state index in [-0.39, 0.29) is 11.9 Å². The molecule has 0 aliphatic carbocycles. The van der Waals surface area contributed by atoms with Crippen LogP contribution < -0.4 is 10.6 Å². The van der Waals surface area contributed by atoms with Gasteiger partial charge in [0.1, 0.15) is 18.2 Å². The first kappa shape index (κ1) is 26.7. The lowest BCUT2D eigenvalue weighted by atomic mass is 10.2. The minimum atomic E-state index is -0.291. The standard InChI is InChI=1S/C20H23N5O3S.C7H8/c1-25-17(3-4-19(25)23-11-15(13-27)22-6-2-8-26)20(28)24-12-16-9-14-10-21-7-5-18(14)29-16;1-7-5-3-2-4-6-7/h5,7-11,13,17,22H,2-4,6,12H2,1H3,(H,24,28);2-6H,1H3/b15-11+,23-19?;. The number of fused-ring (bicyclic) bond motifs is 1. The van der Waals surface area contributed by atoms with E-state index in [1.165, 1.54) is 11.8 Å². The Morgan fingerprint density at radius 3 is 2.69 bits per heavy atom. The van der Waals surface area contributed by atoms with Crippen LogP contribution in [0, 0.1) is 6.92 Å². The summed E-state index contributed by atoms with van der Waals surface area (Å²) < 4.78 is 1.15. The second-order valence-electron chi connectivity index (χ2n) is 8.29. The number of aliphatic imine (C=N–C) groups is 1. The van der Waals surface area contributed by atoms with Crippen LogP contribution in [0.1, 0.15) is 29.7 Å². The second-order valence-corrected chi connectivity index (χ2v) is 9.46. The quantitative estimate of drug-likeness (QED) is 0.262. The number of aldehydes is 2. The van der Waals surface area contributed by atoms with Gasteiger partial charge in [0.2, 0.25) is 5.91 Å². The summed E-state index contributed by atoms with van der Waals surface area (Å²) in [5.41, 5.74) is 1.63. The predicted molar refractivity (Wildman–Crippen MR) is 144 cm³/mol. The Labute approximate surface area is 215 Å². The number of likely N-dealkylation sites (tertiary alicyclic amines) is 1. The van der Waals surface area contributed by atoms with Gasteiger partial charge < -0.3 is 20.3 Å². The van der Waals surface area contributed by atoms with Gasteiger partial charge in [-0.15, -0.1) is 11.3 Å². The van der Waals surface area contributed by atoms with Crippen LogP contribution in [0.25, 0.3) is 10.1 Å². The summed E-state index contributed by atoms with van der Waals surface area (Å²) >= 11 is 1.64. The van der Waals surface area contributed by atoms with E-state index in [0.29, 0.717) is 44.3 Å². The smallest absolute Gasteiger partial charge is 0.243 e. The van der Waals surface area contributed by atoms with E-state index in [1.54, 1.807) is 17.5 Å². The molecule has 3 aromatic rings. The molecule has 1 atom stereocenters. The zero-order valence-corrected chi connectivity index (χ0v) is 21.3. The summed E-state index contributed by atoms with van der Waals surface area (Å²) in [4.78, 5) is 45.4. The van der Waals surface area contributed by atoms with Crippen LogP contribution in [0.2, 0.25) is 0 Å². The molecule has 1 aliphatic rings. The minimum absolute atomic E-state index is 0.0445. The molecule has 188 valence electrons.